The van der Waals surface area contributed by atoms with Gasteiger partial charge in [-0.15, -0.1) is 0 Å². The molecule has 0 spiro atoms. The van der Waals surface area contributed by atoms with Gasteiger partial charge in [0.25, 0.3) is 0 Å². The van der Waals surface area contributed by atoms with Crippen LogP contribution in [0.1, 0.15) is 35.3 Å². The Bertz CT molecular complexity index is 1000. The van der Waals surface area contributed by atoms with Gasteiger partial charge in [-0.3, -0.25) is 10.3 Å². The van der Waals surface area contributed by atoms with Crippen molar-refractivity contribution in [2.24, 2.45) is 4.99 Å². The number of nitrogens with zero attached hydrogens (tertiary/aromatic N) is 1. The van der Waals surface area contributed by atoms with Gasteiger partial charge in [0.05, 0.1) is 7.11 Å². The number of hydrogen-bond acceptors (Lipinski definition) is 4. The highest BCUT2D eigenvalue weighted by molar-refractivity contribution is 6.30. The fourth-order valence-corrected chi connectivity index (χ4v) is 3.61. The van der Waals surface area contributed by atoms with E-state index >= 15 is 0 Å². The summed E-state index contributed by atoms with van der Waals surface area (Å²) in [5.74, 6) is 1.07. The molecule has 2 atom stereocenters. The van der Waals surface area contributed by atoms with Gasteiger partial charge in [-0.05, 0) is 41.5 Å². The highest BCUT2D eigenvalue weighted by atomic mass is 35.5. The Kier molecular flexibility index (Phi) is 5.33. The molecule has 2 unspecified atom stereocenters. The largest absolute Gasteiger partial charge is 0.508 e. The third-order valence-corrected chi connectivity index (χ3v) is 5.19. The molecule has 1 heterocycles. The minimum atomic E-state index is -0.239. The molecular weight excluding hydrogens is 372 g/mol. The van der Waals surface area contributed by atoms with Crippen molar-refractivity contribution in [3.8, 4) is 11.5 Å². The van der Waals surface area contributed by atoms with Crippen molar-refractivity contribution in [1.29, 1.82) is 0 Å². The molecule has 4 rings (SSSR count). The number of phenols is 1. The summed E-state index contributed by atoms with van der Waals surface area (Å²) in [7, 11) is 1.66. The Morgan fingerprint density at radius 2 is 1.82 bits per heavy atom. The molecule has 5 heteroatoms. The van der Waals surface area contributed by atoms with Crippen molar-refractivity contribution >= 4 is 17.3 Å². The number of para-hydroxylation sites is 1. The quantitative estimate of drug-likeness (QED) is 0.635. The number of rotatable bonds is 4. The van der Waals surface area contributed by atoms with Gasteiger partial charge in [0.15, 0.2) is 0 Å². The van der Waals surface area contributed by atoms with Crippen LogP contribution in [0.2, 0.25) is 5.02 Å². The van der Waals surface area contributed by atoms with Gasteiger partial charge in [-0.1, -0.05) is 54.1 Å². The van der Waals surface area contributed by atoms with Crippen LogP contribution >= 0.6 is 11.6 Å². The topological polar surface area (TPSA) is 53.8 Å². The van der Waals surface area contributed by atoms with Gasteiger partial charge in [0.1, 0.15) is 17.7 Å². The Morgan fingerprint density at radius 3 is 2.57 bits per heavy atom. The average Bonchev–Trinajstić information content (AvgIpc) is 2.74. The van der Waals surface area contributed by atoms with E-state index in [4.69, 9.17) is 21.3 Å². The summed E-state index contributed by atoms with van der Waals surface area (Å²) in [6, 6.07) is 22.9. The van der Waals surface area contributed by atoms with Crippen LogP contribution in [-0.2, 0) is 0 Å². The number of aromatic hydroxyl groups is 1. The van der Waals surface area contributed by atoms with Gasteiger partial charge in [0, 0.05) is 28.8 Å². The van der Waals surface area contributed by atoms with Gasteiger partial charge < -0.3 is 9.84 Å². The van der Waals surface area contributed by atoms with Crippen LogP contribution in [0.15, 0.2) is 77.8 Å². The summed E-state index contributed by atoms with van der Waals surface area (Å²) in [5, 5.41) is 14.6. The lowest BCUT2D eigenvalue weighted by Crippen LogP contribution is -2.33. The maximum atomic E-state index is 10.4. The summed E-state index contributed by atoms with van der Waals surface area (Å²) < 4.78 is 5.38. The van der Waals surface area contributed by atoms with Crippen molar-refractivity contribution in [2.45, 2.75) is 18.6 Å². The van der Waals surface area contributed by atoms with Crippen molar-refractivity contribution in [3.05, 3.63) is 94.5 Å². The van der Waals surface area contributed by atoms with Crippen molar-refractivity contribution in [1.82, 2.24) is 5.32 Å². The lowest BCUT2D eigenvalue weighted by atomic mass is 9.93. The zero-order valence-electron chi connectivity index (χ0n) is 15.5. The molecule has 0 aliphatic carbocycles. The third kappa shape index (κ3) is 3.88. The summed E-state index contributed by atoms with van der Waals surface area (Å²) in [6.07, 6.45) is 0.422. The first-order valence-corrected chi connectivity index (χ1v) is 9.52. The molecule has 28 heavy (non-hydrogen) atoms. The summed E-state index contributed by atoms with van der Waals surface area (Å²) in [6.45, 7) is 0. The number of nitrogens with one attached hydrogen (secondary N) is 1. The van der Waals surface area contributed by atoms with Crippen molar-refractivity contribution in [3.63, 3.8) is 0 Å². The number of phenolic OH excluding ortho intramolecular Hbond substituents is 1. The lowest BCUT2D eigenvalue weighted by Gasteiger charge is -2.31. The van der Waals surface area contributed by atoms with Crippen LogP contribution in [0.25, 0.3) is 0 Å². The molecule has 0 radical (unpaired) electrons. The molecule has 3 aromatic rings. The molecule has 0 saturated heterocycles. The van der Waals surface area contributed by atoms with Crippen LogP contribution in [0.4, 0.5) is 0 Å². The first kappa shape index (κ1) is 18.5. The van der Waals surface area contributed by atoms with Crippen LogP contribution in [0.5, 0.6) is 11.5 Å². The minimum absolute atomic E-state index is 0.0689. The highest BCUT2D eigenvalue weighted by Crippen LogP contribution is 2.34. The third-order valence-electron chi connectivity index (χ3n) is 4.94. The molecule has 4 nitrogen and oxygen atoms in total. The Hall–Kier alpha value is -2.82. The molecule has 0 bridgehead atoms. The Labute approximate surface area is 169 Å². The van der Waals surface area contributed by atoms with E-state index in [2.05, 4.69) is 5.32 Å². The number of methoxy groups -OCH3 is 1. The van der Waals surface area contributed by atoms with E-state index < -0.39 is 0 Å². The Balaban J connectivity index is 1.76. The predicted molar refractivity (Wildman–Crippen MR) is 112 cm³/mol. The number of benzene rings is 3. The molecule has 2 N–H and O–H groups in total. The molecule has 0 amide bonds. The zero-order valence-corrected chi connectivity index (χ0v) is 16.2. The van der Waals surface area contributed by atoms with Crippen LogP contribution in [0, 0.1) is 0 Å². The van der Waals surface area contributed by atoms with E-state index in [1.165, 1.54) is 0 Å². The van der Waals surface area contributed by atoms with Gasteiger partial charge in [0.2, 0.25) is 0 Å². The van der Waals surface area contributed by atoms with Crippen LogP contribution in [-0.4, -0.2) is 17.9 Å². The number of aliphatic imine (C=N–C) groups is 1. The predicted octanol–water partition coefficient (Wildman–Crippen LogP) is 5.28. The fraction of sp³-hybridized carbons (Fsp3) is 0.174. The number of halogens is 1. The first-order chi connectivity index (χ1) is 13.6. The Morgan fingerprint density at radius 1 is 1.04 bits per heavy atom. The van der Waals surface area contributed by atoms with Gasteiger partial charge in [-0.25, -0.2) is 0 Å². The van der Waals surface area contributed by atoms with E-state index in [9.17, 15) is 5.11 Å². The second-order valence-corrected chi connectivity index (χ2v) is 7.18. The molecule has 1 aliphatic rings. The molecule has 0 aromatic heterocycles. The molecular formula is C23H21ClN2O2. The van der Waals surface area contributed by atoms with Gasteiger partial charge in [-0.2, -0.15) is 0 Å². The highest BCUT2D eigenvalue weighted by Gasteiger charge is 2.27. The summed E-state index contributed by atoms with van der Waals surface area (Å²) >= 11 is 6.05. The van der Waals surface area contributed by atoms with E-state index in [0.717, 1.165) is 28.2 Å². The van der Waals surface area contributed by atoms with Crippen LogP contribution < -0.4 is 10.1 Å². The number of hydrogen-bond donors (Lipinski definition) is 2. The monoisotopic (exact) mass is 392 g/mol. The van der Waals surface area contributed by atoms with E-state index in [1.54, 1.807) is 13.2 Å². The molecule has 142 valence electrons. The second-order valence-electron chi connectivity index (χ2n) is 6.74. The average molecular weight is 393 g/mol. The minimum Gasteiger partial charge on any atom is -0.508 e. The van der Waals surface area contributed by atoms with E-state index in [0.29, 0.717) is 11.4 Å². The second kappa shape index (κ2) is 8.05. The van der Waals surface area contributed by atoms with Crippen molar-refractivity contribution in [2.75, 3.05) is 7.11 Å². The zero-order chi connectivity index (χ0) is 19.5. The maximum absolute atomic E-state index is 10.4. The molecule has 0 saturated carbocycles. The van der Waals surface area contributed by atoms with Crippen molar-refractivity contribution < 1.29 is 9.84 Å². The molecule has 3 aromatic carbocycles. The maximum Gasteiger partial charge on any atom is 0.126 e. The summed E-state index contributed by atoms with van der Waals surface area (Å²) in [5.41, 5.74) is 3.85. The normalized spacial score (nSPS) is 19.1. The molecule has 1 aliphatic heterocycles. The van der Waals surface area contributed by atoms with Gasteiger partial charge >= 0.3 is 0 Å². The number of ether oxygens (including phenoxy) is 1. The van der Waals surface area contributed by atoms with E-state index in [1.807, 2.05) is 66.7 Å². The molecule has 0 fully saturated rings. The van der Waals surface area contributed by atoms with E-state index in [-0.39, 0.29) is 18.0 Å². The SMILES string of the molecule is COc1cccc(C2=NC(c3ccc(Cl)cc3)NC(c3ccccc3O)C2)c1. The van der Waals surface area contributed by atoms with Crippen LogP contribution in [0.3, 0.4) is 0 Å². The standard InChI is InChI=1S/C23H21ClN2O2/c1-28-18-6-4-5-16(13-18)20-14-21(19-7-2-3-8-22(19)27)26-23(25-20)15-9-11-17(24)12-10-15/h2-13,21,23,26-27H,14H2,1H3. The fourth-order valence-electron chi connectivity index (χ4n) is 3.48. The smallest absolute Gasteiger partial charge is 0.126 e. The summed E-state index contributed by atoms with van der Waals surface area (Å²) in [4.78, 5) is 4.96. The lowest BCUT2D eigenvalue weighted by molar-refractivity contribution is 0.411. The first-order valence-electron chi connectivity index (χ1n) is 9.14.